The molecule has 56 valence electrons. The van der Waals surface area contributed by atoms with E-state index in [-0.39, 0.29) is 0 Å². The van der Waals surface area contributed by atoms with Gasteiger partial charge in [0.1, 0.15) is 0 Å². The Morgan fingerprint density at radius 2 is 2.45 bits per heavy atom. The lowest BCUT2D eigenvalue weighted by molar-refractivity contribution is 1.31. The number of alkyl halides is 1. The third-order valence-electron chi connectivity index (χ3n) is 1.47. The minimum atomic E-state index is 0.804. The molecule has 0 fully saturated rings. The molecule has 2 aromatic rings. The summed E-state index contributed by atoms with van der Waals surface area (Å²) in [5.74, 6) is 0. The summed E-state index contributed by atoms with van der Waals surface area (Å²) in [5.41, 5.74) is 1.08. The van der Waals surface area contributed by atoms with Crippen molar-refractivity contribution >= 4 is 37.5 Å². The average molecular weight is 229 g/mol. The molecule has 11 heavy (non-hydrogen) atoms. The van der Waals surface area contributed by atoms with Gasteiger partial charge < -0.3 is 0 Å². The molecule has 2 aromatic heterocycles. The van der Waals surface area contributed by atoms with E-state index in [9.17, 15) is 0 Å². The molecule has 0 atom stereocenters. The quantitative estimate of drug-likeness (QED) is 0.702. The Kier molecular flexibility index (Phi) is 1.87. The highest BCUT2D eigenvalue weighted by molar-refractivity contribution is 9.08. The van der Waals surface area contributed by atoms with Gasteiger partial charge in [0.2, 0.25) is 0 Å². The predicted octanol–water partition coefficient (Wildman–Crippen LogP) is 2.59. The molecule has 0 aliphatic heterocycles. The highest BCUT2D eigenvalue weighted by Crippen LogP contribution is 2.22. The predicted molar refractivity (Wildman–Crippen MR) is 50.0 cm³/mol. The van der Waals surface area contributed by atoms with Gasteiger partial charge in [0.05, 0.1) is 10.4 Å². The smallest absolute Gasteiger partial charge is 0.0741 e. The Balaban J connectivity index is 2.76. The molecule has 0 aliphatic carbocycles. The largest absolute Gasteiger partial charge is 0.264 e. The Morgan fingerprint density at radius 3 is 3.27 bits per heavy atom. The molecule has 0 bridgehead atoms. The van der Waals surface area contributed by atoms with Crippen molar-refractivity contribution in [2.45, 2.75) is 5.33 Å². The zero-order valence-electron chi connectivity index (χ0n) is 5.62. The normalized spacial score (nSPS) is 10.6. The minimum Gasteiger partial charge on any atom is -0.264 e. The fraction of sp³-hybridized carbons (Fsp3) is 0.143. The van der Waals surface area contributed by atoms with Gasteiger partial charge in [0.25, 0.3) is 0 Å². The average Bonchev–Trinajstić information content (AvgIpc) is 2.47. The summed E-state index contributed by atoms with van der Waals surface area (Å²) in [4.78, 5) is 4.04. The Labute approximate surface area is 76.6 Å². The van der Waals surface area contributed by atoms with Crippen LogP contribution in [0, 0.1) is 0 Å². The Morgan fingerprint density at radius 1 is 1.55 bits per heavy atom. The summed E-state index contributed by atoms with van der Waals surface area (Å²) in [7, 11) is 0. The molecular weight excluding hydrogens is 224 g/mol. The van der Waals surface area contributed by atoms with Crippen LogP contribution in [0.5, 0.6) is 0 Å². The van der Waals surface area contributed by atoms with Crippen molar-refractivity contribution in [1.29, 1.82) is 0 Å². The molecule has 0 unspecified atom stereocenters. The Bertz CT molecular complexity index is 371. The van der Waals surface area contributed by atoms with Crippen LogP contribution in [0.3, 0.4) is 0 Å². The van der Waals surface area contributed by atoms with Crippen LogP contribution in [0.25, 0.3) is 10.1 Å². The zero-order chi connectivity index (χ0) is 7.68. The lowest BCUT2D eigenvalue weighted by atomic mass is 10.3. The first-order valence-electron chi connectivity index (χ1n) is 3.16. The zero-order valence-corrected chi connectivity index (χ0v) is 8.02. The Hall–Kier alpha value is -0.480. The molecule has 0 aliphatic rings. The van der Waals surface area contributed by atoms with Gasteiger partial charge in [-0.2, -0.15) is 4.37 Å². The van der Waals surface area contributed by atoms with E-state index in [4.69, 9.17) is 0 Å². The van der Waals surface area contributed by atoms with Crippen LogP contribution < -0.4 is 0 Å². The maximum Gasteiger partial charge on any atom is 0.0741 e. The van der Waals surface area contributed by atoms with Crippen molar-refractivity contribution in [3.63, 3.8) is 0 Å². The summed E-state index contributed by atoms with van der Waals surface area (Å²) in [6, 6.07) is 1.99. The number of pyridine rings is 1. The molecule has 0 spiro atoms. The lowest BCUT2D eigenvalue weighted by Gasteiger charge is -1.87. The molecule has 0 radical (unpaired) electrons. The summed E-state index contributed by atoms with van der Waals surface area (Å²) >= 11 is 4.89. The number of rotatable bonds is 1. The van der Waals surface area contributed by atoms with Crippen molar-refractivity contribution in [3.8, 4) is 0 Å². The van der Waals surface area contributed by atoms with Crippen molar-refractivity contribution in [1.82, 2.24) is 9.36 Å². The molecular formula is C7H5BrN2S. The molecule has 4 heteroatoms. The first kappa shape index (κ1) is 7.18. The highest BCUT2D eigenvalue weighted by Gasteiger charge is 2.02. The second-order valence-corrected chi connectivity index (χ2v) is 3.50. The number of fused-ring (bicyclic) bond motifs is 1. The second-order valence-electron chi connectivity index (χ2n) is 2.13. The maximum atomic E-state index is 4.27. The summed E-state index contributed by atoms with van der Waals surface area (Å²) in [6.45, 7) is 0. The van der Waals surface area contributed by atoms with E-state index in [2.05, 4.69) is 25.3 Å². The molecule has 0 N–H and O–H groups in total. The molecule has 2 nitrogen and oxygen atoms in total. The van der Waals surface area contributed by atoms with Crippen LogP contribution in [0.15, 0.2) is 18.5 Å². The maximum absolute atomic E-state index is 4.27. The van der Waals surface area contributed by atoms with E-state index in [0.29, 0.717) is 0 Å². The van der Waals surface area contributed by atoms with Crippen molar-refractivity contribution in [2.75, 3.05) is 0 Å². The third kappa shape index (κ3) is 1.16. The minimum absolute atomic E-state index is 0.804. The third-order valence-corrected chi connectivity index (χ3v) is 2.87. The van der Waals surface area contributed by atoms with Crippen LogP contribution >= 0.6 is 27.5 Å². The summed E-state index contributed by atoms with van der Waals surface area (Å²) in [5, 5.41) is 1.97. The van der Waals surface area contributed by atoms with Gasteiger partial charge in [-0.3, -0.25) is 4.98 Å². The van der Waals surface area contributed by atoms with E-state index < -0.39 is 0 Å². The van der Waals surface area contributed by atoms with Crippen LogP contribution in [-0.4, -0.2) is 9.36 Å². The van der Waals surface area contributed by atoms with Crippen molar-refractivity contribution in [2.24, 2.45) is 0 Å². The van der Waals surface area contributed by atoms with Crippen LogP contribution in [0.1, 0.15) is 5.69 Å². The van der Waals surface area contributed by atoms with Crippen LogP contribution in [0.2, 0.25) is 0 Å². The van der Waals surface area contributed by atoms with E-state index in [0.717, 1.165) is 16.4 Å². The van der Waals surface area contributed by atoms with Gasteiger partial charge >= 0.3 is 0 Å². The van der Waals surface area contributed by atoms with Gasteiger partial charge in [-0.15, -0.1) is 0 Å². The molecule has 2 heterocycles. The molecule has 0 saturated heterocycles. The second kappa shape index (κ2) is 2.87. The van der Waals surface area contributed by atoms with Crippen LogP contribution in [0.4, 0.5) is 0 Å². The topological polar surface area (TPSA) is 25.8 Å². The molecule has 0 amide bonds. The fourth-order valence-corrected chi connectivity index (χ4v) is 2.28. The monoisotopic (exact) mass is 228 g/mol. The van der Waals surface area contributed by atoms with Gasteiger partial charge in [-0.05, 0) is 17.6 Å². The van der Waals surface area contributed by atoms with E-state index in [1.54, 1.807) is 6.20 Å². The summed E-state index contributed by atoms with van der Waals surface area (Å²) < 4.78 is 5.47. The van der Waals surface area contributed by atoms with E-state index >= 15 is 0 Å². The lowest BCUT2D eigenvalue weighted by Crippen LogP contribution is -1.76. The number of nitrogens with zero attached hydrogens (tertiary/aromatic N) is 2. The van der Waals surface area contributed by atoms with Gasteiger partial charge in [-0.1, -0.05) is 15.9 Å². The fourth-order valence-electron chi connectivity index (χ4n) is 0.928. The number of aromatic nitrogens is 2. The van der Waals surface area contributed by atoms with Gasteiger partial charge in [-0.25, -0.2) is 0 Å². The summed E-state index contributed by atoms with van der Waals surface area (Å²) in [6.07, 6.45) is 3.65. The number of halogens is 1. The molecule has 2 rings (SSSR count). The standard InChI is InChI=1S/C7H5BrN2S/c8-3-6-5-4-9-2-1-7(5)11-10-6/h1-2,4H,3H2. The van der Waals surface area contributed by atoms with Crippen molar-refractivity contribution < 1.29 is 0 Å². The van der Waals surface area contributed by atoms with Crippen LogP contribution in [-0.2, 0) is 5.33 Å². The molecule has 0 aromatic carbocycles. The first-order valence-corrected chi connectivity index (χ1v) is 5.05. The van der Waals surface area contributed by atoms with E-state index in [1.807, 2.05) is 12.3 Å². The SMILES string of the molecule is BrCc1nsc2ccncc12. The first-order chi connectivity index (χ1) is 5.42. The number of hydrogen-bond donors (Lipinski definition) is 0. The van der Waals surface area contributed by atoms with E-state index in [1.165, 1.54) is 16.2 Å². The van der Waals surface area contributed by atoms with Crippen molar-refractivity contribution in [3.05, 3.63) is 24.2 Å². The highest BCUT2D eigenvalue weighted by atomic mass is 79.9. The number of hydrogen-bond acceptors (Lipinski definition) is 3. The van der Waals surface area contributed by atoms with Gasteiger partial charge in [0.15, 0.2) is 0 Å². The van der Waals surface area contributed by atoms with Gasteiger partial charge in [0, 0.05) is 23.1 Å². The molecule has 0 saturated carbocycles.